The molecular formula is C7H15O5P. The van der Waals surface area contributed by atoms with Gasteiger partial charge in [0.05, 0.1) is 6.61 Å². The van der Waals surface area contributed by atoms with E-state index in [1.165, 1.54) is 6.92 Å². The fraction of sp³-hybridized carbons (Fsp3) is 0.857. The average molecular weight is 210 g/mol. The van der Waals surface area contributed by atoms with Gasteiger partial charge < -0.3 is 14.2 Å². The number of hydrogen-bond acceptors (Lipinski definition) is 4. The molecule has 0 heterocycles. The molecule has 1 N–H and O–H groups in total. The third-order valence-corrected chi connectivity index (χ3v) is 1.92. The molecular weight excluding hydrogens is 195 g/mol. The summed E-state index contributed by atoms with van der Waals surface area (Å²) in [5.41, 5.74) is 0. The van der Waals surface area contributed by atoms with E-state index in [-0.39, 0.29) is 6.61 Å². The number of esters is 1. The van der Waals surface area contributed by atoms with E-state index in [2.05, 4.69) is 4.52 Å². The second kappa shape index (κ2) is 5.37. The van der Waals surface area contributed by atoms with Crippen molar-refractivity contribution in [2.45, 2.75) is 26.4 Å². The molecule has 6 heteroatoms. The van der Waals surface area contributed by atoms with Crippen molar-refractivity contribution in [3.63, 3.8) is 0 Å². The zero-order valence-corrected chi connectivity index (χ0v) is 8.91. The Hall–Kier alpha value is -0.380. The monoisotopic (exact) mass is 210 g/mol. The summed E-state index contributed by atoms with van der Waals surface area (Å²) in [6.45, 7) is 4.13. The molecule has 0 aliphatic rings. The van der Waals surface area contributed by atoms with Gasteiger partial charge in [0, 0.05) is 13.6 Å². The zero-order chi connectivity index (χ0) is 10.5. The van der Waals surface area contributed by atoms with Crippen LogP contribution in [0, 0.1) is 0 Å². The SMILES string of the molecule is CCC(COP(C)(=O)O)OC(C)=O. The summed E-state index contributed by atoms with van der Waals surface area (Å²) in [5, 5.41) is 0. The van der Waals surface area contributed by atoms with Crippen LogP contribution in [0.1, 0.15) is 20.3 Å². The number of hydrogen-bond donors (Lipinski definition) is 1. The maximum atomic E-state index is 10.7. The van der Waals surface area contributed by atoms with Crippen LogP contribution in [0.3, 0.4) is 0 Å². The summed E-state index contributed by atoms with van der Waals surface area (Å²) < 4.78 is 20.1. The fourth-order valence-corrected chi connectivity index (χ4v) is 1.13. The van der Waals surface area contributed by atoms with E-state index in [1.54, 1.807) is 6.92 Å². The molecule has 0 aliphatic heterocycles. The molecule has 0 aromatic carbocycles. The van der Waals surface area contributed by atoms with E-state index in [1.807, 2.05) is 0 Å². The lowest BCUT2D eigenvalue weighted by molar-refractivity contribution is -0.148. The third kappa shape index (κ3) is 7.96. The summed E-state index contributed by atoms with van der Waals surface area (Å²) in [6.07, 6.45) is 0.109. The zero-order valence-electron chi connectivity index (χ0n) is 8.02. The Morgan fingerprint density at radius 3 is 2.46 bits per heavy atom. The second-order valence-corrected chi connectivity index (χ2v) is 4.60. The van der Waals surface area contributed by atoms with Gasteiger partial charge in [0.15, 0.2) is 0 Å². The van der Waals surface area contributed by atoms with Crippen molar-refractivity contribution in [2.75, 3.05) is 13.3 Å². The van der Waals surface area contributed by atoms with E-state index in [0.717, 1.165) is 6.66 Å². The maximum absolute atomic E-state index is 10.7. The summed E-state index contributed by atoms with van der Waals surface area (Å²) in [6, 6.07) is 0. The maximum Gasteiger partial charge on any atom is 0.325 e. The lowest BCUT2D eigenvalue weighted by atomic mass is 10.3. The summed E-state index contributed by atoms with van der Waals surface area (Å²) in [4.78, 5) is 19.3. The quantitative estimate of drug-likeness (QED) is 0.544. The second-order valence-electron chi connectivity index (χ2n) is 2.74. The van der Waals surface area contributed by atoms with Gasteiger partial charge in [-0.3, -0.25) is 9.36 Å². The van der Waals surface area contributed by atoms with E-state index < -0.39 is 19.7 Å². The fourth-order valence-electron chi connectivity index (χ4n) is 0.691. The standard InChI is InChI=1S/C7H15O5P/c1-4-7(12-6(2)8)5-11-13(3,9)10/h7H,4-5H2,1-3H3,(H,9,10). The number of rotatable bonds is 5. The highest BCUT2D eigenvalue weighted by molar-refractivity contribution is 7.51. The van der Waals surface area contributed by atoms with E-state index in [0.29, 0.717) is 6.42 Å². The van der Waals surface area contributed by atoms with E-state index >= 15 is 0 Å². The molecule has 2 unspecified atom stereocenters. The largest absolute Gasteiger partial charge is 0.460 e. The van der Waals surface area contributed by atoms with Crippen LogP contribution >= 0.6 is 7.60 Å². The third-order valence-electron chi connectivity index (χ3n) is 1.29. The first-order valence-electron chi connectivity index (χ1n) is 3.97. The molecule has 0 bridgehead atoms. The minimum Gasteiger partial charge on any atom is -0.460 e. The molecule has 0 radical (unpaired) electrons. The van der Waals surface area contributed by atoms with Crippen molar-refractivity contribution in [1.82, 2.24) is 0 Å². The predicted octanol–water partition coefficient (Wildman–Crippen LogP) is 1.16. The first kappa shape index (κ1) is 12.6. The lowest BCUT2D eigenvalue weighted by Gasteiger charge is -2.15. The van der Waals surface area contributed by atoms with Gasteiger partial charge in [-0.25, -0.2) is 0 Å². The molecule has 0 aromatic rings. The Balaban J connectivity index is 3.86. The number of carbonyl (C=O) groups is 1. The molecule has 13 heavy (non-hydrogen) atoms. The molecule has 0 rings (SSSR count). The van der Waals surface area contributed by atoms with Crippen LogP contribution in [-0.2, 0) is 18.6 Å². The highest BCUT2D eigenvalue weighted by Gasteiger charge is 2.16. The molecule has 78 valence electrons. The summed E-state index contributed by atoms with van der Waals surface area (Å²) in [7, 11) is -3.47. The first-order chi connectivity index (χ1) is 5.85. The van der Waals surface area contributed by atoms with Crippen LogP contribution < -0.4 is 0 Å². The van der Waals surface area contributed by atoms with Gasteiger partial charge in [-0.2, -0.15) is 0 Å². The highest BCUT2D eigenvalue weighted by Crippen LogP contribution is 2.36. The molecule has 0 spiro atoms. The van der Waals surface area contributed by atoms with Crippen molar-refractivity contribution in [3.8, 4) is 0 Å². The normalized spacial score (nSPS) is 17.5. The topological polar surface area (TPSA) is 72.8 Å². The van der Waals surface area contributed by atoms with Crippen LogP contribution in [0.2, 0.25) is 0 Å². The van der Waals surface area contributed by atoms with Crippen LogP contribution in [0.4, 0.5) is 0 Å². The van der Waals surface area contributed by atoms with E-state index in [4.69, 9.17) is 9.63 Å². The molecule has 5 nitrogen and oxygen atoms in total. The van der Waals surface area contributed by atoms with Gasteiger partial charge in [0.2, 0.25) is 0 Å². The minimum atomic E-state index is -3.47. The van der Waals surface area contributed by atoms with Crippen molar-refractivity contribution in [3.05, 3.63) is 0 Å². The lowest BCUT2D eigenvalue weighted by Crippen LogP contribution is -2.20. The van der Waals surface area contributed by atoms with Crippen molar-refractivity contribution in [1.29, 1.82) is 0 Å². The first-order valence-corrected chi connectivity index (χ1v) is 5.99. The Morgan fingerprint density at radius 2 is 2.15 bits per heavy atom. The molecule has 0 saturated heterocycles. The van der Waals surface area contributed by atoms with Crippen LogP contribution in [0.15, 0.2) is 0 Å². The molecule has 0 saturated carbocycles. The number of ether oxygens (including phenoxy) is 1. The Labute approximate surface area is 77.6 Å². The molecule has 0 amide bonds. The van der Waals surface area contributed by atoms with Gasteiger partial charge in [-0.1, -0.05) is 6.92 Å². The van der Waals surface area contributed by atoms with Crippen molar-refractivity contribution >= 4 is 13.6 Å². The summed E-state index contributed by atoms with van der Waals surface area (Å²) in [5.74, 6) is -0.417. The average Bonchev–Trinajstić information content (AvgIpc) is 1.95. The minimum absolute atomic E-state index is 0.0413. The summed E-state index contributed by atoms with van der Waals surface area (Å²) >= 11 is 0. The molecule has 2 atom stereocenters. The molecule has 0 aliphatic carbocycles. The van der Waals surface area contributed by atoms with Gasteiger partial charge >= 0.3 is 13.6 Å². The van der Waals surface area contributed by atoms with Gasteiger partial charge in [0.25, 0.3) is 0 Å². The smallest absolute Gasteiger partial charge is 0.325 e. The van der Waals surface area contributed by atoms with Gasteiger partial charge in [0.1, 0.15) is 6.10 Å². The highest BCUT2D eigenvalue weighted by atomic mass is 31.2. The van der Waals surface area contributed by atoms with E-state index in [9.17, 15) is 9.36 Å². The Morgan fingerprint density at radius 1 is 1.62 bits per heavy atom. The number of carbonyl (C=O) groups excluding carboxylic acids is 1. The van der Waals surface area contributed by atoms with Crippen LogP contribution in [-0.4, -0.2) is 30.2 Å². The van der Waals surface area contributed by atoms with Gasteiger partial charge in [-0.05, 0) is 6.42 Å². The predicted molar refractivity (Wildman–Crippen MR) is 47.5 cm³/mol. The Bertz CT molecular complexity index is 209. The van der Waals surface area contributed by atoms with Gasteiger partial charge in [-0.15, -0.1) is 0 Å². The van der Waals surface area contributed by atoms with Crippen LogP contribution in [0.25, 0.3) is 0 Å². The molecule has 0 fully saturated rings. The Kier molecular flexibility index (Phi) is 5.21. The molecule has 0 aromatic heterocycles. The van der Waals surface area contributed by atoms with Crippen molar-refractivity contribution < 1.29 is 23.5 Å². The van der Waals surface area contributed by atoms with Crippen molar-refractivity contribution in [2.24, 2.45) is 0 Å². The van der Waals surface area contributed by atoms with Crippen LogP contribution in [0.5, 0.6) is 0 Å².